The van der Waals surface area contributed by atoms with Crippen LogP contribution in [-0.4, -0.2) is 30.7 Å². The molecule has 0 saturated carbocycles. The first-order chi connectivity index (χ1) is 13.4. The molecule has 0 saturated heterocycles. The molecule has 1 unspecified atom stereocenters. The number of nitrogens with two attached hydrogens (primary N) is 1. The van der Waals surface area contributed by atoms with Crippen LogP contribution in [0.1, 0.15) is 51.9 Å². The van der Waals surface area contributed by atoms with Crippen molar-refractivity contribution in [3.05, 3.63) is 54.6 Å². The molecule has 2 heterocycles. The lowest BCUT2D eigenvalue weighted by Gasteiger charge is -2.21. The van der Waals surface area contributed by atoms with E-state index in [0.29, 0.717) is 13.1 Å². The number of aromatic nitrogens is 5. The van der Waals surface area contributed by atoms with Crippen LogP contribution in [0.25, 0.3) is 10.9 Å². The van der Waals surface area contributed by atoms with E-state index in [1.54, 1.807) is 10.9 Å². The van der Waals surface area contributed by atoms with E-state index in [1.165, 1.54) is 11.8 Å². The number of fused-ring (bicyclic) bond motifs is 1. The molecule has 28 heavy (non-hydrogen) atoms. The normalized spacial score (nSPS) is 12.2. The van der Waals surface area contributed by atoms with Gasteiger partial charge in [0.05, 0.1) is 24.8 Å². The summed E-state index contributed by atoms with van der Waals surface area (Å²) in [7, 11) is 0. The number of hydrogen-bond acceptors (Lipinski definition) is 5. The predicted molar refractivity (Wildman–Crippen MR) is 117 cm³/mol. The van der Waals surface area contributed by atoms with E-state index in [1.807, 2.05) is 38.2 Å². The highest BCUT2D eigenvalue weighted by molar-refractivity contribution is 5.80. The van der Waals surface area contributed by atoms with Gasteiger partial charge in [0.15, 0.2) is 0 Å². The van der Waals surface area contributed by atoms with Gasteiger partial charge in [0.25, 0.3) is 0 Å². The number of nitrogens with zero attached hydrogens (tertiary/aromatic N) is 4. The summed E-state index contributed by atoms with van der Waals surface area (Å²) in [5, 5.41) is 19.2. The van der Waals surface area contributed by atoms with E-state index >= 15 is 0 Å². The second-order valence-corrected chi connectivity index (χ2v) is 7.07. The maximum absolute atomic E-state index is 6.04. The average molecular weight is 386 g/mol. The standard InChI is InChI=1S/C10H19N5.C8H8N2.C3H8/c1-4-10(3,11)8-15-7-9(13-14-15)6-12-5-2;1-6-7-4-2-3-5-8(7)10-9-6;1-3-2/h5,7,12H,2,4,6,8,11H2,1,3H3;2-5H,1H3,(H,9,10);3H2,1-2H3. The Morgan fingerprint density at radius 3 is 2.57 bits per heavy atom. The highest BCUT2D eigenvalue weighted by atomic mass is 15.4. The van der Waals surface area contributed by atoms with Crippen molar-refractivity contribution in [1.82, 2.24) is 30.5 Å². The summed E-state index contributed by atoms with van der Waals surface area (Å²) >= 11 is 0. The first-order valence-electron chi connectivity index (χ1n) is 9.78. The van der Waals surface area contributed by atoms with Crippen LogP contribution in [0, 0.1) is 6.92 Å². The van der Waals surface area contributed by atoms with E-state index in [-0.39, 0.29) is 5.54 Å². The Bertz CT molecular complexity index is 817. The number of para-hydroxylation sites is 1. The molecule has 7 heteroatoms. The molecule has 3 rings (SSSR count). The monoisotopic (exact) mass is 385 g/mol. The average Bonchev–Trinajstić information content (AvgIpc) is 3.28. The molecule has 0 aliphatic carbocycles. The molecule has 1 atom stereocenters. The van der Waals surface area contributed by atoms with Crippen molar-refractivity contribution in [2.75, 3.05) is 0 Å². The smallest absolute Gasteiger partial charge is 0.102 e. The third kappa shape index (κ3) is 7.92. The van der Waals surface area contributed by atoms with Crippen molar-refractivity contribution in [2.24, 2.45) is 5.73 Å². The minimum absolute atomic E-state index is 0.225. The Hall–Kier alpha value is -2.67. The van der Waals surface area contributed by atoms with Gasteiger partial charge < -0.3 is 11.1 Å². The lowest BCUT2D eigenvalue weighted by Crippen LogP contribution is -2.40. The van der Waals surface area contributed by atoms with Crippen LogP contribution in [0.3, 0.4) is 0 Å². The molecule has 1 aromatic carbocycles. The molecule has 0 amide bonds. The molecule has 0 radical (unpaired) electrons. The van der Waals surface area contributed by atoms with Crippen LogP contribution in [0.5, 0.6) is 0 Å². The molecule has 0 aliphatic rings. The topological polar surface area (TPSA) is 97.4 Å². The summed E-state index contributed by atoms with van der Waals surface area (Å²) in [6.45, 7) is 15.3. The Labute approximate surface area is 168 Å². The van der Waals surface area contributed by atoms with Crippen LogP contribution in [0.2, 0.25) is 0 Å². The van der Waals surface area contributed by atoms with Gasteiger partial charge in [-0.25, -0.2) is 0 Å². The van der Waals surface area contributed by atoms with Crippen LogP contribution in [0.4, 0.5) is 0 Å². The summed E-state index contributed by atoms with van der Waals surface area (Å²) in [4.78, 5) is 0. The Balaban J connectivity index is 0.000000258. The number of aromatic amines is 1. The third-order valence-electron chi connectivity index (χ3n) is 4.00. The SMILES string of the molecule is C=CNCc1cn(CC(C)(N)CC)nn1.CCC.Cc1[nH]nc2ccccc12. The molecule has 3 aromatic rings. The molecule has 0 fully saturated rings. The molecule has 0 bridgehead atoms. The van der Waals surface area contributed by atoms with Gasteiger partial charge in [0, 0.05) is 16.6 Å². The first-order valence-corrected chi connectivity index (χ1v) is 9.78. The summed E-state index contributed by atoms with van der Waals surface area (Å²) in [6, 6.07) is 8.07. The molecule has 0 spiro atoms. The zero-order chi connectivity index (χ0) is 21.0. The minimum Gasteiger partial charge on any atom is -0.386 e. The van der Waals surface area contributed by atoms with Crippen LogP contribution in [-0.2, 0) is 13.1 Å². The minimum atomic E-state index is -0.225. The molecule has 0 aliphatic heterocycles. The highest BCUT2D eigenvalue weighted by Crippen LogP contribution is 2.12. The highest BCUT2D eigenvalue weighted by Gasteiger charge is 2.17. The quantitative estimate of drug-likeness (QED) is 0.597. The Morgan fingerprint density at radius 2 is 1.96 bits per heavy atom. The summed E-state index contributed by atoms with van der Waals surface area (Å²) in [6.07, 6.45) is 5.70. The molecule has 154 valence electrons. The summed E-state index contributed by atoms with van der Waals surface area (Å²) in [5.41, 5.74) is 8.88. The largest absolute Gasteiger partial charge is 0.386 e. The summed E-state index contributed by atoms with van der Waals surface area (Å²) in [5.74, 6) is 0. The molecule has 4 N–H and O–H groups in total. The Morgan fingerprint density at radius 1 is 1.29 bits per heavy atom. The van der Waals surface area contributed by atoms with Crippen molar-refractivity contribution in [3.63, 3.8) is 0 Å². The predicted octanol–water partition coefficient (Wildman–Crippen LogP) is 3.93. The van der Waals surface area contributed by atoms with Gasteiger partial charge in [-0.15, -0.1) is 5.10 Å². The van der Waals surface area contributed by atoms with Crippen LogP contribution in [0.15, 0.2) is 43.2 Å². The van der Waals surface area contributed by atoms with Gasteiger partial charge in [0.2, 0.25) is 0 Å². The second kappa shape index (κ2) is 11.9. The number of benzene rings is 1. The lowest BCUT2D eigenvalue weighted by atomic mass is 10.0. The van der Waals surface area contributed by atoms with Gasteiger partial charge in [0.1, 0.15) is 5.69 Å². The fourth-order valence-electron chi connectivity index (χ4n) is 2.25. The number of aryl methyl sites for hydroxylation is 1. The van der Waals surface area contributed by atoms with Crippen LogP contribution >= 0.6 is 0 Å². The van der Waals surface area contributed by atoms with Crippen molar-refractivity contribution < 1.29 is 0 Å². The Kier molecular flexibility index (Phi) is 9.95. The zero-order valence-corrected chi connectivity index (χ0v) is 17.9. The van der Waals surface area contributed by atoms with Crippen LogP contribution < -0.4 is 11.1 Å². The molecule has 2 aromatic heterocycles. The van der Waals surface area contributed by atoms with Gasteiger partial charge in [-0.1, -0.05) is 57.2 Å². The van der Waals surface area contributed by atoms with Gasteiger partial charge in [-0.2, -0.15) is 5.10 Å². The van der Waals surface area contributed by atoms with E-state index in [0.717, 1.165) is 23.3 Å². The molecule has 7 nitrogen and oxygen atoms in total. The maximum Gasteiger partial charge on any atom is 0.102 e. The van der Waals surface area contributed by atoms with E-state index in [9.17, 15) is 0 Å². The van der Waals surface area contributed by atoms with Gasteiger partial charge >= 0.3 is 0 Å². The number of rotatable bonds is 6. The van der Waals surface area contributed by atoms with Gasteiger partial charge in [-0.3, -0.25) is 9.78 Å². The van der Waals surface area contributed by atoms with E-state index in [2.05, 4.69) is 59.2 Å². The van der Waals surface area contributed by atoms with Gasteiger partial charge in [-0.05, 0) is 32.5 Å². The van der Waals surface area contributed by atoms with Crippen molar-refractivity contribution in [3.8, 4) is 0 Å². The number of hydrogen-bond donors (Lipinski definition) is 3. The maximum atomic E-state index is 6.04. The first kappa shape index (κ1) is 23.4. The fraction of sp³-hybridized carbons (Fsp3) is 0.476. The summed E-state index contributed by atoms with van der Waals surface area (Å²) < 4.78 is 1.78. The van der Waals surface area contributed by atoms with E-state index in [4.69, 9.17) is 5.73 Å². The number of H-pyrrole nitrogens is 1. The van der Waals surface area contributed by atoms with Crippen molar-refractivity contribution >= 4 is 10.9 Å². The van der Waals surface area contributed by atoms with Crippen molar-refractivity contribution in [1.29, 1.82) is 0 Å². The molecular formula is C21H35N7. The fourth-order valence-corrected chi connectivity index (χ4v) is 2.25. The molecular weight excluding hydrogens is 350 g/mol. The zero-order valence-electron chi connectivity index (χ0n) is 17.9. The second-order valence-electron chi connectivity index (χ2n) is 7.07. The third-order valence-corrected chi connectivity index (χ3v) is 4.00. The van der Waals surface area contributed by atoms with E-state index < -0.39 is 0 Å². The lowest BCUT2D eigenvalue weighted by molar-refractivity contribution is 0.360. The van der Waals surface area contributed by atoms with Crippen molar-refractivity contribution in [2.45, 2.75) is 66.1 Å². The number of nitrogens with one attached hydrogen (secondary N) is 2.